The van der Waals surface area contributed by atoms with Crippen molar-refractivity contribution in [3.63, 3.8) is 0 Å². The van der Waals surface area contributed by atoms with Gasteiger partial charge in [0, 0.05) is 0 Å². The maximum atomic E-state index is 11.7. The van der Waals surface area contributed by atoms with Gasteiger partial charge in [-0.1, -0.05) is 19.3 Å². The molecule has 0 bridgehead atoms. The van der Waals surface area contributed by atoms with Gasteiger partial charge in [-0.25, -0.2) is 0 Å². The molecule has 0 aliphatic carbocycles. The van der Waals surface area contributed by atoms with Crippen LogP contribution in [0, 0.1) is 0 Å². The van der Waals surface area contributed by atoms with Gasteiger partial charge in [0.2, 0.25) is 0 Å². The van der Waals surface area contributed by atoms with Crippen LogP contribution in [-0.4, -0.2) is 35.6 Å². The van der Waals surface area contributed by atoms with Crippen LogP contribution in [0.1, 0.15) is 32.1 Å². The zero-order valence-electron chi connectivity index (χ0n) is 8.01. The Bertz CT molecular complexity index is 118. The van der Waals surface area contributed by atoms with Crippen molar-refractivity contribution in [2.75, 3.05) is 19.9 Å². The van der Waals surface area contributed by atoms with Crippen LogP contribution in [0.5, 0.6) is 0 Å². The van der Waals surface area contributed by atoms with Gasteiger partial charge in [0.25, 0.3) is 0 Å². The van der Waals surface area contributed by atoms with Crippen LogP contribution < -0.4 is 5.73 Å². The smallest absolute Gasteiger partial charge is 0.0894 e. The molecule has 0 saturated carbocycles. The molecule has 0 aliphatic rings. The maximum absolute atomic E-state index is 11.7. The van der Waals surface area contributed by atoms with Crippen LogP contribution in [0.2, 0.25) is 0 Å². The minimum absolute atomic E-state index is 0.202. The average molecular weight is 193 g/mol. The molecule has 0 aromatic carbocycles. The van der Waals surface area contributed by atoms with E-state index in [-0.39, 0.29) is 19.9 Å². The van der Waals surface area contributed by atoms with Crippen molar-refractivity contribution in [3.8, 4) is 0 Å². The molecule has 0 radical (unpaired) electrons. The Morgan fingerprint density at radius 2 is 1.54 bits per heavy atom. The van der Waals surface area contributed by atoms with E-state index in [1.165, 1.54) is 0 Å². The summed E-state index contributed by atoms with van der Waals surface area (Å²) in [5, 5.41) is 17.7. The van der Waals surface area contributed by atoms with Gasteiger partial charge in [0.1, 0.15) is 0 Å². The van der Waals surface area contributed by atoms with Crippen molar-refractivity contribution in [1.82, 2.24) is 0 Å². The van der Waals surface area contributed by atoms with Gasteiger partial charge < -0.3 is 15.9 Å². The van der Waals surface area contributed by atoms with Gasteiger partial charge in [-0.05, 0) is 12.8 Å². The molecule has 4 heteroatoms. The number of aliphatic hydroxyl groups is 2. The third-order valence-corrected chi connectivity index (χ3v) is 2.19. The van der Waals surface area contributed by atoms with E-state index >= 15 is 0 Å². The molecule has 0 heterocycles. The first-order valence-corrected chi connectivity index (χ1v) is 4.75. The highest BCUT2D eigenvalue weighted by atomic mass is 19.1. The Morgan fingerprint density at radius 3 is 2.00 bits per heavy atom. The molecule has 0 saturated heterocycles. The number of halogens is 1. The average Bonchev–Trinajstić information content (AvgIpc) is 2.17. The summed E-state index contributed by atoms with van der Waals surface area (Å²) in [5.74, 6) is 0. The van der Waals surface area contributed by atoms with Crippen molar-refractivity contribution in [3.05, 3.63) is 0 Å². The third-order valence-electron chi connectivity index (χ3n) is 2.19. The molecule has 0 unspecified atom stereocenters. The molecule has 0 amide bonds. The van der Waals surface area contributed by atoms with Crippen LogP contribution >= 0.6 is 0 Å². The van der Waals surface area contributed by atoms with Crippen molar-refractivity contribution in [2.45, 2.75) is 37.6 Å². The quantitative estimate of drug-likeness (QED) is 0.494. The Hall–Kier alpha value is -0.190. The number of rotatable bonds is 8. The van der Waals surface area contributed by atoms with E-state index in [1.807, 2.05) is 0 Å². The van der Waals surface area contributed by atoms with Gasteiger partial charge in [0.05, 0.1) is 25.4 Å². The molecule has 0 aliphatic heterocycles. The van der Waals surface area contributed by atoms with Gasteiger partial charge in [-0.3, -0.25) is 4.39 Å². The highest BCUT2D eigenvalue weighted by molar-refractivity contribution is 4.81. The second-order valence-electron chi connectivity index (χ2n) is 3.53. The first-order valence-electron chi connectivity index (χ1n) is 4.75. The summed E-state index contributed by atoms with van der Waals surface area (Å²) >= 11 is 0. The predicted octanol–water partition coefficient (Wildman–Crippen LogP) is 0.588. The zero-order valence-corrected chi connectivity index (χ0v) is 8.01. The third kappa shape index (κ3) is 5.96. The molecule has 0 aromatic rings. The first kappa shape index (κ1) is 12.8. The van der Waals surface area contributed by atoms with E-state index in [0.717, 1.165) is 19.3 Å². The van der Waals surface area contributed by atoms with E-state index in [9.17, 15) is 4.39 Å². The van der Waals surface area contributed by atoms with Gasteiger partial charge in [-0.15, -0.1) is 0 Å². The first-order chi connectivity index (χ1) is 6.18. The molecule has 0 aromatic heterocycles. The second kappa shape index (κ2) is 7.24. The number of alkyl halides is 1. The summed E-state index contributed by atoms with van der Waals surface area (Å²) in [4.78, 5) is 0. The van der Waals surface area contributed by atoms with E-state index in [1.54, 1.807) is 0 Å². The summed E-state index contributed by atoms with van der Waals surface area (Å²) in [6.07, 6.45) is 3.77. The van der Waals surface area contributed by atoms with Crippen LogP contribution in [0.4, 0.5) is 4.39 Å². The summed E-state index contributed by atoms with van der Waals surface area (Å²) < 4.78 is 11.7. The lowest BCUT2D eigenvalue weighted by molar-refractivity contribution is 0.112. The van der Waals surface area contributed by atoms with Gasteiger partial charge in [-0.2, -0.15) is 0 Å². The molecular weight excluding hydrogens is 173 g/mol. The van der Waals surface area contributed by atoms with Gasteiger partial charge >= 0.3 is 0 Å². The monoisotopic (exact) mass is 193 g/mol. The molecule has 0 rings (SSSR count). The molecule has 0 spiro atoms. The normalized spacial score (nSPS) is 12.0. The standard InChI is InChI=1S/C9H20FNO2/c10-6-4-2-1-3-5-9(11,7-12)8-13/h12-13H,1-8,11H2. The lowest BCUT2D eigenvalue weighted by atomic mass is 9.95. The minimum atomic E-state index is -0.851. The summed E-state index contributed by atoms with van der Waals surface area (Å²) in [7, 11) is 0. The van der Waals surface area contributed by atoms with Crippen LogP contribution in [0.15, 0.2) is 0 Å². The number of hydrogen-bond donors (Lipinski definition) is 3. The fourth-order valence-electron chi connectivity index (χ4n) is 1.13. The molecule has 13 heavy (non-hydrogen) atoms. The van der Waals surface area contributed by atoms with E-state index in [2.05, 4.69) is 0 Å². The second-order valence-corrected chi connectivity index (χ2v) is 3.53. The fraction of sp³-hybridized carbons (Fsp3) is 1.00. The van der Waals surface area contributed by atoms with E-state index < -0.39 is 5.54 Å². The molecule has 4 N–H and O–H groups in total. The number of hydrogen-bond acceptors (Lipinski definition) is 3. The lowest BCUT2D eigenvalue weighted by Crippen LogP contribution is -2.47. The Kier molecular flexibility index (Phi) is 7.13. The SMILES string of the molecule is NC(CO)(CO)CCCCCCF. The van der Waals surface area contributed by atoms with Crippen LogP contribution in [0.25, 0.3) is 0 Å². The maximum Gasteiger partial charge on any atom is 0.0894 e. The number of nitrogens with two attached hydrogens (primary N) is 1. The summed E-state index contributed by atoms with van der Waals surface area (Å²) in [6, 6.07) is 0. The van der Waals surface area contributed by atoms with Crippen molar-refractivity contribution >= 4 is 0 Å². The van der Waals surface area contributed by atoms with Gasteiger partial charge in [0.15, 0.2) is 0 Å². The molecular formula is C9H20FNO2. The highest BCUT2D eigenvalue weighted by Crippen LogP contribution is 2.12. The van der Waals surface area contributed by atoms with E-state index in [4.69, 9.17) is 15.9 Å². The fourth-order valence-corrected chi connectivity index (χ4v) is 1.13. The van der Waals surface area contributed by atoms with Crippen LogP contribution in [-0.2, 0) is 0 Å². The number of unbranched alkanes of at least 4 members (excludes halogenated alkanes) is 3. The molecule has 3 nitrogen and oxygen atoms in total. The zero-order chi connectivity index (χ0) is 10.2. The number of aliphatic hydroxyl groups excluding tert-OH is 2. The van der Waals surface area contributed by atoms with Crippen molar-refractivity contribution < 1.29 is 14.6 Å². The Balaban J connectivity index is 3.39. The van der Waals surface area contributed by atoms with Crippen molar-refractivity contribution in [2.24, 2.45) is 5.73 Å². The molecule has 80 valence electrons. The summed E-state index contributed by atoms with van der Waals surface area (Å²) in [6.45, 7) is -0.674. The van der Waals surface area contributed by atoms with Crippen LogP contribution in [0.3, 0.4) is 0 Å². The Morgan fingerprint density at radius 1 is 1.00 bits per heavy atom. The minimum Gasteiger partial charge on any atom is -0.394 e. The largest absolute Gasteiger partial charge is 0.394 e. The molecule has 0 fully saturated rings. The topological polar surface area (TPSA) is 66.5 Å². The van der Waals surface area contributed by atoms with Crippen molar-refractivity contribution in [1.29, 1.82) is 0 Å². The highest BCUT2D eigenvalue weighted by Gasteiger charge is 2.21. The molecule has 0 atom stereocenters. The Labute approximate surface area is 78.8 Å². The van der Waals surface area contributed by atoms with E-state index in [0.29, 0.717) is 12.8 Å². The predicted molar refractivity (Wildman–Crippen MR) is 50.2 cm³/mol. The lowest BCUT2D eigenvalue weighted by Gasteiger charge is -2.24. The summed E-state index contributed by atoms with van der Waals surface area (Å²) in [5.41, 5.74) is 4.79.